The fraction of sp³-hybridized carbons (Fsp3) is 0.476. The first-order valence-electron chi connectivity index (χ1n) is 9.28. The molecule has 1 amide bonds. The van der Waals surface area contributed by atoms with E-state index in [1.807, 2.05) is 0 Å². The third-order valence-electron chi connectivity index (χ3n) is 6.46. The highest BCUT2D eigenvalue weighted by atomic mass is 35.5. The van der Waals surface area contributed by atoms with E-state index in [1.165, 1.54) is 0 Å². The Morgan fingerprint density at radius 3 is 2.44 bits per heavy atom. The molecular formula is C21H22ClNO4. The maximum absolute atomic E-state index is 13.2. The molecule has 6 heteroatoms. The fourth-order valence-electron chi connectivity index (χ4n) is 4.85. The Morgan fingerprint density at radius 2 is 1.81 bits per heavy atom. The quantitative estimate of drug-likeness (QED) is 0.625. The van der Waals surface area contributed by atoms with E-state index in [-0.39, 0.29) is 29.8 Å². The lowest BCUT2D eigenvalue weighted by Crippen LogP contribution is -2.53. The van der Waals surface area contributed by atoms with Gasteiger partial charge in [0.15, 0.2) is 5.78 Å². The Hall–Kier alpha value is -1.98. The summed E-state index contributed by atoms with van der Waals surface area (Å²) in [7, 11) is 0. The molecule has 2 unspecified atom stereocenters. The molecule has 2 saturated carbocycles. The lowest BCUT2D eigenvalue weighted by molar-refractivity contribution is -0.154. The molecule has 1 aromatic rings. The SMILES string of the molecule is C=C1C(=O)C2(C(=O)N3CCC(O)(c4ccc(Cl)cc4)CC3)CC(=O)CC1C2. The van der Waals surface area contributed by atoms with E-state index in [9.17, 15) is 19.5 Å². The maximum Gasteiger partial charge on any atom is 0.237 e. The number of rotatable bonds is 2. The number of aliphatic hydroxyl groups is 1. The summed E-state index contributed by atoms with van der Waals surface area (Å²) in [5, 5.41) is 11.6. The highest BCUT2D eigenvalue weighted by Gasteiger charge is 2.59. The molecule has 4 rings (SSSR count). The highest BCUT2D eigenvalue weighted by molar-refractivity contribution is 6.30. The van der Waals surface area contributed by atoms with Crippen LogP contribution in [0, 0.1) is 11.3 Å². The van der Waals surface area contributed by atoms with Crippen molar-refractivity contribution in [2.75, 3.05) is 13.1 Å². The highest BCUT2D eigenvalue weighted by Crippen LogP contribution is 2.51. The lowest BCUT2D eigenvalue weighted by Gasteiger charge is -2.42. The molecule has 0 radical (unpaired) electrons. The summed E-state index contributed by atoms with van der Waals surface area (Å²) in [6, 6.07) is 7.07. The fourth-order valence-corrected chi connectivity index (χ4v) is 4.98. The third-order valence-corrected chi connectivity index (χ3v) is 6.71. The van der Waals surface area contributed by atoms with Gasteiger partial charge in [0, 0.05) is 31.0 Å². The molecule has 27 heavy (non-hydrogen) atoms. The van der Waals surface area contributed by atoms with Crippen LogP contribution in [0.25, 0.3) is 0 Å². The number of halogens is 1. The Bertz CT molecular complexity index is 838. The van der Waals surface area contributed by atoms with Crippen LogP contribution in [0.3, 0.4) is 0 Å². The van der Waals surface area contributed by atoms with Gasteiger partial charge in [-0.05, 0) is 48.4 Å². The summed E-state index contributed by atoms with van der Waals surface area (Å²) in [6.45, 7) is 4.52. The van der Waals surface area contributed by atoms with Crippen molar-refractivity contribution in [3.05, 3.63) is 47.0 Å². The minimum Gasteiger partial charge on any atom is -0.385 e. The minimum atomic E-state index is -1.26. The van der Waals surface area contributed by atoms with Gasteiger partial charge in [-0.15, -0.1) is 0 Å². The van der Waals surface area contributed by atoms with Crippen molar-refractivity contribution in [2.24, 2.45) is 11.3 Å². The van der Waals surface area contributed by atoms with E-state index in [4.69, 9.17) is 11.6 Å². The zero-order chi connectivity index (χ0) is 19.4. The number of nitrogens with zero attached hydrogens (tertiary/aromatic N) is 1. The van der Waals surface area contributed by atoms with Gasteiger partial charge in [0.1, 0.15) is 11.2 Å². The third kappa shape index (κ3) is 2.84. The lowest BCUT2D eigenvalue weighted by atomic mass is 9.73. The van der Waals surface area contributed by atoms with Gasteiger partial charge < -0.3 is 10.0 Å². The van der Waals surface area contributed by atoms with Gasteiger partial charge in [0.25, 0.3) is 0 Å². The van der Waals surface area contributed by atoms with Gasteiger partial charge in [0.05, 0.1) is 5.60 Å². The largest absolute Gasteiger partial charge is 0.385 e. The van der Waals surface area contributed by atoms with E-state index in [2.05, 4.69) is 6.58 Å². The number of ketones is 2. The van der Waals surface area contributed by atoms with Crippen LogP contribution in [0.5, 0.6) is 0 Å². The number of carbonyl (C=O) groups is 3. The smallest absolute Gasteiger partial charge is 0.237 e. The van der Waals surface area contributed by atoms with Crippen molar-refractivity contribution in [1.29, 1.82) is 0 Å². The second-order valence-corrected chi connectivity index (χ2v) is 8.52. The molecule has 0 aromatic heterocycles. The van der Waals surface area contributed by atoms with Gasteiger partial charge in [-0.1, -0.05) is 30.3 Å². The molecule has 2 atom stereocenters. The number of hydrogen-bond donors (Lipinski definition) is 1. The number of Topliss-reactive ketones (excluding diaryl/α,β-unsaturated/α-hetero) is 2. The summed E-state index contributed by atoms with van der Waals surface area (Å²) in [4.78, 5) is 39.7. The second-order valence-electron chi connectivity index (χ2n) is 8.09. The Balaban J connectivity index is 1.52. The van der Waals surface area contributed by atoms with Crippen molar-refractivity contribution in [1.82, 2.24) is 4.90 Å². The number of carbonyl (C=O) groups excluding carboxylic acids is 3. The summed E-state index contributed by atoms with van der Waals surface area (Å²) in [5.74, 6) is -0.774. The molecule has 2 bridgehead atoms. The minimum absolute atomic E-state index is 0.0157. The monoisotopic (exact) mass is 387 g/mol. The topological polar surface area (TPSA) is 74.7 Å². The zero-order valence-corrected chi connectivity index (χ0v) is 15.8. The second kappa shape index (κ2) is 6.28. The first-order chi connectivity index (χ1) is 12.7. The van der Waals surface area contributed by atoms with Gasteiger partial charge in [0.2, 0.25) is 5.91 Å². The van der Waals surface area contributed by atoms with Gasteiger partial charge in [-0.3, -0.25) is 14.4 Å². The van der Waals surface area contributed by atoms with Crippen LogP contribution in [0.1, 0.15) is 37.7 Å². The van der Waals surface area contributed by atoms with Gasteiger partial charge >= 0.3 is 0 Å². The standard InChI is InChI=1S/C21H22ClNO4/c1-13-14-10-17(24)12-20(11-14,18(13)25)19(26)23-8-6-21(27,7-9-23)15-2-4-16(22)5-3-15/h2-5,14,27H,1,6-12H2. The van der Waals surface area contributed by atoms with Crippen molar-refractivity contribution >= 4 is 29.1 Å². The number of hydrogen-bond acceptors (Lipinski definition) is 4. The van der Waals surface area contributed by atoms with E-state index < -0.39 is 11.0 Å². The van der Waals surface area contributed by atoms with Crippen LogP contribution >= 0.6 is 11.6 Å². The van der Waals surface area contributed by atoms with Crippen LogP contribution in [0.2, 0.25) is 5.02 Å². The van der Waals surface area contributed by atoms with Gasteiger partial charge in [-0.25, -0.2) is 0 Å². The van der Waals surface area contributed by atoms with Crippen LogP contribution in [0.15, 0.2) is 36.4 Å². The van der Waals surface area contributed by atoms with E-state index >= 15 is 0 Å². The summed E-state index contributed by atoms with van der Waals surface area (Å²) in [6.07, 6.45) is 1.45. The van der Waals surface area contributed by atoms with E-state index in [0.29, 0.717) is 49.4 Å². The number of benzene rings is 1. The number of fused-ring (bicyclic) bond motifs is 2. The predicted octanol–water partition coefficient (Wildman–Crippen LogP) is 2.64. The molecular weight excluding hydrogens is 366 g/mol. The number of amides is 1. The molecule has 1 saturated heterocycles. The van der Waals surface area contributed by atoms with Crippen molar-refractivity contribution in [3.8, 4) is 0 Å². The maximum atomic E-state index is 13.2. The Labute approximate surface area is 163 Å². The molecule has 142 valence electrons. The molecule has 1 N–H and O–H groups in total. The molecule has 2 aliphatic carbocycles. The summed E-state index contributed by atoms with van der Waals surface area (Å²) in [5.41, 5.74) is -1.08. The number of likely N-dealkylation sites (tertiary alicyclic amines) is 1. The molecule has 1 heterocycles. The van der Waals surface area contributed by atoms with Crippen LogP contribution < -0.4 is 0 Å². The van der Waals surface area contributed by atoms with Crippen LogP contribution in [-0.2, 0) is 20.0 Å². The molecule has 0 spiro atoms. The summed E-state index contributed by atoms with van der Waals surface area (Å²) < 4.78 is 0. The first-order valence-corrected chi connectivity index (χ1v) is 9.66. The average molecular weight is 388 g/mol. The molecule has 3 fully saturated rings. The zero-order valence-electron chi connectivity index (χ0n) is 15.0. The number of piperidine rings is 1. The van der Waals surface area contributed by atoms with E-state index in [0.717, 1.165) is 5.56 Å². The molecule has 5 nitrogen and oxygen atoms in total. The molecule has 1 aliphatic heterocycles. The van der Waals surface area contributed by atoms with Crippen molar-refractivity contribution in [3.63, 3.8) is 0 Å². The Morgan fingerprint density at radius 1 is 1.19 bits per heavy atom. The Kier molecular flexibility index (Phi) is 4.28. The van der Waals surface area contributed by atoms with Gasteiger partial charge in [-0.2, -0.15) is 0 Å². The molecule has 1 aromatic carbocycles. The normalized spacial score (nSPS) is 29.9. The van der Waals surface area contributed by atoms with E-state index in [1.54, 1.807) is 29.2 Å². The predicted molar refractivity (Wildman–Crippen MR) is 100 cm³/mol. The average Bonchev–Trinajstić information content (AvgIpc) is 2.83. The first kappa shape index (κ1) is 18.4. The van der Waals surface area contributed by atoms with Crippen molar-refractivity contribution < 1.29 is 19.5 Å². The van der Waals surface area contributed by atoms with Crippen molar-refractivity contribution in [2.45, 2.75) is 37.7 Å². The van der Waals surface area contributed by atoms with Crippen LogP contribution in [0.4, 0.5) is 0 Å². The van der Waals surface area contributed by atoms with Crippen LogP contribution in [-0.4, -0.2) is 40.6 Å². The number of allylic oxidation sites excluding steroid dienone is 1. The molecule has 3 aliphatic rings. The summed E-state index contributed by atoms with van der Waals surface area (Å²) >= 11 is 5.92.